The van der Waals surface area contributed by atoms with Crippen LogP contribution in [0.5, 0.6) is 0 Å². The molecule has 1 aromatic heterocycles. The number of aldehydes is 1. The van der Waals surface area contributed by atoms with Crippen molar-refractivity contribution in [3.8, 4) is 0 Å². The van der Waals surface area contributed by atoms with Gasteiger partial charge in [-0.25, -0.2) is 4.79 Å². The Labute approximate surface area is 86.0 Å². The van der Waals surface area contributed by atoms with E-state index in [1.54, 1.807) is 25.1 Å². The molecule has 1 rings (SSSR count). The molecule has 0 aliphatic carbocycles. The first-order chi connectivity index (χ1) is 6.76. The SMILES string of the molecule is CCOC(=O)/C=C\c1ccc(C=O)s1. The van der Waals surface area contributed by atoms with E-state index in [0.29, 0.717) is 11.5 Å². The fraction of sp³-hybridized carbons (Fsp3) is 0.200. The highest BCUT2D eigenvalue weighted by atomic mass is 32.1. The van der Waals surface area contributed by atoms with Gasteiger partial charge in [-0.1, -0.05) is 0 Å². The van der Waals surface area contributed by atoms with E-state index in [9.17, 15) is 9.59 Å². The summed E-state index contributed by atoms with van der Waals surface area (Å²) >= 11 is 1.33. The molecule has 14 heavy (non-hydrogen) atoms. The molecule has 0 saturated carbocycles. The van der Waals surface area contributed by atoms with Crippen molar-refractivity contribution in [3.63, 3.8) is 0 Å². The average Bonchev–Trinajstić information content (AvgIpc) is 2.63. The number of hydrogen-bond acceptors (Lipinski definition) is 4. The van der Waals surface area contributed by atoms with Crippen LogP contribution in [0, 0.1) is 0 Å². The van der Waals surface area contributed by atoms with Crippen LogP contribution in [0.1, 0.15) is 21.5 Å². The molecular formula is C10H10O3S. The molecule has 0 N–H and O–H groups in total. The molecule has 0 aliphatic heterocycles. The summed E-state index contributed by atoms with van der Waals surface area (Å²) in [4.78, 5) is 22.8. The van der Waals surface area contributed by atoms with Crippen LogP contribution in [0.2, 0.25) is 0 Å². The van der Waals surface area contributed by atoms with Crippen molar-refractivity contribution in [2.75, 3.05) is 6.61 Å². The van der Waals surface area contributed by atoms with E-state index in [0.717, 1.165) is 11.2 Å². The lowest BCUT2D eigenvalue weighted by Crippen LogP contribution is -1.98. The van der Waals surface area contributed by atoms with E-state index in [-0.39, 0.29) is 5.97 Å². The minimum atomic E-state index is -0.367. The first-order valence-corrected chi connectivity index (χ1v) is 4.97. The van der Waals surface area contributed by atoms with Gasteiger partial charge in [-0.15, -0.1) is 11.3 Å². The second-order valence-electron chi connectivity index (χ2n) is 2.44. The van der Waals surface area contributed by atoms with Gasteiger partial charge in [0.25, 0.3) is 0 Å². The molecule has 0 radical (unpaired) electrons. The number of ether oxygens (including phenoxy) is 1. The largest absolute Gasteiger partial charge is 0.463 e. The Hall–Kier alpha value is -1.42. The van der Waals surface area contributed by atoms with E-state index >= 15 is 0 Å². The summed E-state index contributed by atoms with van der Waals surface area (Å²) < 4.78 is 4.71. The summed E-state index contributed by atoms with van der Waals surface area (Å²) in [6.07, 6.45) is 3.77. The van der Waals surface area contributed by atoms with Crippen molar-refractivity contribution in [3.05, 3.63) is 28.0 Å². The number of esters is 1. The van der Waals surface area contributed by atoms with Crippen molar-refractivity contribution in [2.24, 2.45) is 0 Å². The predicted molar refractivity (Wildman–Crippen MR) is 55.4 cm³/mol. The third-order valence-corrected chi connectivity index (χ3v) is 2.41. The maximum absolute atomic E-state index is 10.9. The Morgan fingerprint density at radius 2 is 2.21 bits per heavy atom. The Bertz CT molecular complexity index is 352. The van der Waals surface area contributed by atoms with Gasteiger partial charge in [0.15, 0.2) is 6.29 Å². The third-order valence-electron chi connectivity index (χ3n) is 1.43. The van der Waals surface area contributed by atoms with Gasteiger partial charge in [0.1, 0.15) is 0 Å². The monoisotopic (exact) mass is 210 g/mol. The van der Waals surface area contributed by atoms with Crippen LogP contribution < -0.4 is 0 Å². The second-order valence-corrected chi connectivity index (χ2v) is 3.59. The highest BCUT2D eigenvalue weighted by Gasteiger charge is 1.97. The van der Waals surface area contributed by atoms with Gasteiger partial charge in [0.05, 0.1) is 11.5 Å². The molecule has 0 atom stereocenters. The quantitative estimate of drug-likeness (QED) is 0.434. The van der Waals surface area contributed by atoms with Crippen LogP contribution in [-0.2, 0) is 9.53 Å². The smallest absolute Gasteiger partial charge is 0.330 e. The summed E-state index contributed by atoms with van der Waals surface area (Å²) in [6.45, 7) is 2.12. The Morgan fingerprint density at radius 3 is 2.79 bits per heavy atom. The van der Waals surface area contributed by atoms with Crippen molar-refractivity contribution in [1.82, 2.24) is 0 Å². The molecule has 4 heteroatoms. The zero-order valence-corrected chi connectivity index (χ0v) is 8.54. The maximum atomic E-state index is 10.9. The molecule has 0 saturated heterocycles. The first kappa shape index (κ1) is 10.7. The normalized spacial score (nSPS) is 10.4. The molecule has 74 valence electrons. The van der Waals surface area contributed by atoms with Crippen LogP contribution in [0.4, 0.5) is 0 Å². The first-order valence-electron chi connectivity index (χ1n) is 4.16. The van der Waals surface area contributed by atoms with E-state index in [1.165, 1.54) is 17.4 Å². The van der Waals surface area contributed by atoms with Gasteiger partial charge in [0, 0.05) is 11.0 Å². The zero-order valence-electron chi connectivity index (χ0n) is 7.73. The zero-order chi connectivity index (χ0) is 10.4. The van der Waals surface area contributed by atoms with E-state index < -0.39 is 0 Å². The van der Waals surface area contributed by atoms with E-state index in [1.807, 2.05) is 0 Å². The Morgan fingerprint density at radius 1 is 1.50 bits per heavy atom. The highest BCUT2D eigenvalue weighted by molar-refractivity contribution is 7.14. The van der Waals surface area contributed by atoms with Crippen molar-refractivity contribution < 1.29 is 14.3 Å². The molecular weight excluding hydrogens is 200 g/mol. The van der Waals surface area contributed by atoms with Crippen molar-refractivity contribution in [2.45, 2.75) is 6.92 Å². The lowest BCUT2D eigenvalue weighted by atomic mass is 10.4. The summed E-state index contributed by atoms with van der Waals surface area (Å²) in [5.41, 5.74) is 0. The minimum Gasteiger partial charge on any atom is -0.463 e. The molecule has 3 nitrogen and oxygen atoms in total. The number of thiophene rings is 1. The summed E-state index contributed by atoms with van der Waals surface area (Å²) in [5.74, 6) is -0.367. The number of carbonyl (C=O) groups is 2. The van der Waals surface area contributed by atoms with Gasteiger partial charge >= 0.3 is 5.97 Å². The fourth-order valence-electron chi connectivity index (χ4n) is 0.862. The molecule has 1 aromatic rings. The van der Waals surface area contributed by atoms with Crippen molar-refractivity contribution >= 4 is 29.7 Å². The van der Waals surface area contributed by atoms with Crippen LogP contribution in [-0.4, -0.2) is 18.9 Å². The molecule has 0 aromatic carbocycles. The highest BCUT2D eigenvalue weighted by Crippen LogP contribution is 2.15. The predicted octanol–water partition coefficient (Wildman–Crippen LogP) is 2.14. The van der Waals surface area contributed by atoms with E-state index in [2.05, 4.69) is 0 Å². The lowest BCUT2D eigenvalue weighted by Gasteiger charge is -1.93. The second kappa shape index (κ2) is 5.34. The van der Waals surface area contributed by atoms with Gasteiger partial charge in [-0.2, -0.15) is 0 Å². The molecule has 0 spiro atoms. The fourth-order valence-corrected chi connectivity index (χ4v) is 1.59. The van der Waals surface area contributed by atoms with Crippen molar-refractivity contribution in [1.29, 1.82) is 0 Å². The van der Waals surface area contributed by atoms with Crippen LogP contribution in [0.15, 0.2) is 18.2 Å². The van der Waals surface area contributed by atoms with Gasteiger partial charge in [0.2, 0.25) is 0 Å². The standard InChI is InChI=1S/C10H10O3S/c1-2-13-10(12)6-5-8-3-4-9(7-11)14-8/h3-7H,2H2,1H3/b6-5-. The summed E-state index contributed by atoms with van der Waals surface area (Å²) in [5, 5.41) is 0. The molecule has 1 heterocycles. The van der Waals surface area contributed by atoms with Gasteiger partial charge in [-0.05, 0) is 25.1 Å². The molecule has 0 bridgehead atoms. The molecule has 0 unspecified atom stereocenters. The van der Waals surface area contributed by atoms with Crippen LogP contribution in [0.25, 0.3) is 6.08 Å². The molecule has 0 aliphatic rings. The third kappa shape index (κ3) is 3.14. The van der Waals surface area contributed by atoms with E-state index in [4.69, 9.17) is 4.74 Å². The summed E-state index contributed by atoms with van der Waals surface area (Å²) in [7, 11) is 0. The topological polar surface area (TPSA) is 43.4 Å². The Kier molecular flexibility index (Phi) is 4.07. The minimum absolute atomic E-state index is 0.367. The Balaban J connectivity index is 2.59. The number of hydrogen-bond donors (Lipinski definition) is 0. The number of rotatable bonds is 4. The van der Waals surface area contributed by atoms with Gasteiger partial charge in [-0.3, -0.25) is 4.79 Å². The lowest BCUT2D eigenvalue weighted by molar-refractivity contribution is -0.137. The summed E-state index contributed by atoms with van der Waals surface area (Å²) in [6, 6.07) is 3.49. The van der Waals surface area contributed by atoms with Crippen LogP contribution in [0.3, 0.4) is 0 Å². The van der Waals surface area contributed by atoms with Crippen LogP contribution >= 0.6 is 11.3 Å². The molecule has 0 fully saturated rings. The number of carbonyl (C=O) groups excluding carboxylic acids is 2. The molecule has 0 amide bonds. The average molecular weight is 210 g/mol. The maximum Gasteiger partial charge on any atom is 0.330 e. The van der Waals surface area contributed by atoms with Gasteiger partial charge < -0.3 is 4.74 Å².